The van der Waals surface area contributed by atoms with Crippen LogP contribution in [-0.4, -0.2) is 41.3 Å². The highest BCUT2D eigenvalue weighted by molar-refractivity contribution is 7.98. The summed E-state index contributed by atoms with van der Waals surface area (Å²) in [6.07, 6.45) is 2.00. The van der Waals surface area contributed by atoms with Crippen LogP contribution in [0.25, 0.3) is 0 Å². The fraction of sp³-hybridized carbons (Fsp3) is 0.429. The van der Waals surface area contributed by atoms with Crippen molar-refractivity contribution >= 4 is 23.6 Å². The highest BCUT2D eigenvalue weighted by atomic mass is 32.2. The zero-order valence-corrected chi connectivity index (χ0v) is 11.9. The van der Waals surface area contributed by atoms with Gasteiger partial charge in [-0.05, 0) is 18.7 Å². The number of hydrogen-bond donors (Lipinski definition) is 1. The monoisotopic (exact) mass is 278 g/mol. The summed E-state index contributed by atoms with van der Waals surface area (Å²) in [5.74, 6) is 0.705. The lowest BCUT2D eigenvalue weighted by Crippen LogP contribution is -2.56. The fourth-order valence-electron chi connectivity index (χ4n) is 2.39. The summed E-state index contributed by atoms with van der Waals surface area (Å²) in [6, 6.07) is 8.99. The van der Waals surface area contributed by atoms with Crippen molar-refractivity contribution in [2.24, 2.45) is 0 Å². The molecule has 2 amide bonds. The van der Waals surface area contributed by atoms with Crippen molar-refractivity contribution in [3.8, 4) is 0 Å². The summed E-state index contributed by atoms with van der Waals surface area (Å²) in [6.45, 7) is 2.09. The molecule has 2 rings (SSSR count). The van der Waals surface area contributed by atoms with Gasteiger partial charge in [0.1, 0.15) is 6.04 Å². The molecule has 2 unspecified atom stereocenters. The van der Waals surface area contributed by atoms with Crippen LogP contribution in [0.2, 0.25) is 0 Å². The fourth-order valence-corrected chi connectivity index (χ4v) is 3.03. The van der Waals surface area contributed by atoms with E-state index in [1.807, 2.05) is 43.5 Å². The van der Waals surface area contributed by atoms with Crippen LogP contribution in [0, 0.1) is 0 Å². The lowest BCUT2D eigenvalue weighted by Gasteiger charge is -2.39. The molecule has 0 saturated carbocycles. The number of amides is 2. The highest BCUT2D eigenvalue weighted by Gasteiger charge is 2.37. The Balaban J connectivity index is 2.34. The number of rotatable bonds is 4. The molecule has 5 heteroatoms. The molecule has 1 N–H and O–H groups in total. The normalized spacial score (nSPS) is 21.2. The Bertz CT molecular complexity index is 464. The maximum absolute atomic E-state index is 12.1. The minimum Gasteiger partial charge on any atom is -0.345 e. The second-order valence-electron chi connectivity index (χ2n) is 4.64. The topological polar surface area (TPSA) is 49.4 Å². The largest absolute Gasteiger partial charge is 0.345 e. The van der Waals surface area contributed by atoms with Crippen LogP contribution < -0.4 is 5.32 Å². The lowest BCUT2D eigenvalue weighted by atomic mass is 10.0. The molecule has 0 aromatic heterocycles. The number of thioether (sulfide) groups is 1. The van der Waals surface area contributed by atoms with Crippen molar-refractivity contribution in [1.82, 2.24) is 10.2 Å². The predicted octanol–water partition coefficient (Wildman–Crippen LogP) is 1.44. The smallest absolute Gasteiger partial charge is 0.247 e. The highest BCUT2D eigenvalue weighted by Crippen LogP contribution is 2.26. The first-order valence-corrected chi connectivity index (χ1v) is 7.67. The molecule has 1 aromatic rings. The average Bonchev–Trinajstić information content (AvgIpc) is 2.42. The van der Waals surface area contributed by atoms with Crippen molar-refractivity contribution in [2.75, 3.05) is 18.6 Å². The molecular weight excluding hydrogens is 260 g/mol. The number of carbonyl (C=O) groups is 2. The molecule has 0 radical (unpaired) electrons. The molecule has 0 bridgehead atoms. The molecule has 1 fully saturated rings. The van der Waals surface area contributed by atoms with Gasteiger partial charge in [0.25, 0.3) is 0 Å². The average molecular weight is 278 g/mol. The van der Waals surface area contributed by atoms with E-state index in [9.17, 15) is 9.59 Å². The molecule has 2 atom stereocenters. The number of nitrogens with one attached hydrogen (secondary N) is 1. The summed E-state index contributed by atoms with van der Waals surface area (Å²) in [5, 5.41) is 2.67. The van der Waals surface area contributed by atoms with Crippen molar-refractivity contribution in [1.29, 1.82) is 0 Å². The maximum atomic E-state index is 12.1. The Kier molecular flexibility index (Phi) is 4.47. The van der Waals surface area contributed by atoms with Crippen LogP contribution in [0.3, 0.4) is 0 Å². The van der Waals surface area contributed by atoms with Gasteiger partial charge in [-0.15, -0.1) is 0 Å². The summed E-state index contributed by atoms with van der Waals surface area (Å²) in [7, 11) is 0. The van der Waals surface area contributed by atoms with Gasteiger partial charge in [-0.25, -0.2) is 0 Å². The Labute approximate surface area is 117 Å². The second-order valence-corrected chi connectivity index (χ2v) is 5.55. The van der Waals surface area contributed by atoms with Gasteiger partial charge < -0.3 is 10.2 Å². The van der Waals surface area contributed by atoms with Crippen LogP contribution in [0.15, 0.2) is 30.3 Å². The Morgan fingerprint density at radius 2 is 2.05 bits per heavy atom. The van der Waals surface area contributed by atoms with Crippen LogP contribution in [-0.2, 0) is 9.59 Å². The lowest BCUT2D eigenvalue weighted by molar-refractivity contribution is -0.147. The van der Waals surface area contributed by atoms with Gasteiger partial charge >= 0.3 is 0 Å². The minimum atomic E-state index is -0.510. The zero-order chi connectivity index (χ0) is 13.8. The van der Waals surface area contributed by atoms with Crippen LogP contribution in [0.1, 0.15) is 18.5 Å². The number of hydrogen-bond acceptors (Lipinski definition) is 3. The third-order valence-electron chi connectivity index (χ3n) is 3.23. The van der Waals surface area contributed by atoms with Crippen LogP contribution in [0.5, 0.6) is 0 Å². The van der Waals surface area contributed by atoms with E-state index in [1.54, 1.807) is 16.7 Å². The van der Waals surface area contributed by atoms with Crippen molar-refractivity contribution < 1.29 is 9.59 Å². The van der Waals surface area contributed by atoms with E-state index >= 15 is 0 Å². The molecule has 19 heavy (non-hydrogen) atoms. The van der Waals surface area contributed by atoms with Gasteiger partial charge in [0, 0.05) is 11.8 Å². The quantitative estimate of drug-likeness (QED) is 0.906. The number of nitrogens with zero attached hydrogens (tertiary/aromatic N) is 1. The van der Waals surface area contributed by atoms with Crippen molar-refractivity contribution in [2.45, 2.75) is 19.0 Å². The molecule has 4 nitrogen and oxygen atoms in total. The van der Waals surface area contributed by atoms with Crippen molar-refractivity contribution in [3.05, 3.63) is 35.9 Å². The molecule has 1 aromatic carbocycles. The molecule has 0 aliphatic carbocycles. The van der Waals surface area contributed by atoms with Gasteiger partial charge in [-0.3, -0.25) is 9.59 Å². The van der Waals surface area contributed by atoms with E-state index in [2.05, 4.69) is 5.32 Å². The summed E-state index contributed by atoms with van der Waals surface area (Å²) < 4.78 is 0. The summed E-state index contributed by atoms with van der Waals surface area (Å²) >= 11 is 1.68. The van der Waals surface area contributed by atoms with E-state index < -0.39 is 6.04 Å². The summed E-state index contributed by atoms with van der Waals surface area (Å²) in [4.78, 5) is 26.0. The number of carbonyl (C=O) groups excluding carboxylic acids is 2. The molecular formula is C14H18N2O2S. The third kappa shape index (κ3) is 2.92. The van der Waals surface area contributed by atoms with Gasteiger partial charge in [0.05, 0.1) is 6.54 Å². The van der Waals surface area contributed by atoms with E-state index in [-0.39, 0.29) is 24.4 Å². The van der Waals surface area contributed by atoms with E-state index in [4.69, 9.17) is 0 Å². The van der Waals surface area contributed by atoms with Crippen LogP contribution >= 0.6 is 11.8 Å². The first-order valence-electron chi connectivity index (χ1n) is 6.28. The predicted molar refractivity (Wildman–Crippen MR) is 76.9 cm³/mol. The first kappa shape index (κ1) is 13.9. The molecule has 102 valence electrons. The number of piperazine rings is 1. The molecule has 1 aliphatic heterocycles. The zero-order valence-electron chi connectivity index (χ0n) is 11.1. The molecule has 0 spiro atoms. The number of benzene rings is 1. The SMILES string of the molecule is CSCC(C)N1C(=O)CNC(=O)C1c1ccccc1. The molecule has 1 saturated heterocycles. The third-order valence-corrected chi connectivity index (χ3v) is 4.04. The van der Waals surface area contributed by atoms with Gasteiger partial charge in [0.2, 0.25) is 11.8 Å². The van der Waals surface area contributed by atoms with E-state index in [0.717, 1.165) is 11.3 Å². The van der Waals surface area contributed by atoms with E-state index in [1.165, 1.54) is 0 Å². The Hall–Kier alpha value is -1.49. The first-order chi connectivity index (χ1) is 9.15. The minimum absolute atomic E-state index is 0.0185. The molecule has 1 aliphatic rings. The summed E-state index contributed by atoms with van der Waals surface area (Å²) in [5.41, 5.74) is 0.862. The van der Waals surface area contributed by atoms with E-state index in [0.29, 0.717) is 0 Å². The molecule has 1 heterocycles. The van der Waals surface area contributed by atoms with Crippen LogP contribution in [0.4, 0.5) is 0 Å². The van der Waals surface area contributed by atoms with Gasteiger partial charge in [-0.2, -0.15) is 11.8 Å². The second kappa shape index (κ2) is 6.10. The van der Waals surface area contributed by atoms with Crippen molar-refractivity contribution in [3.63, 3.8) is 0 Å². The Morgan fingerprint density at radius 3 is 2.68 bits per heavy atom. The van der Waals surface area contributed by atoms with Gasteiger partial charge in [-0.1, -0.05) is 30.3 Å². The van der Waals surface area contributed by atoms with Gasteiger partial charge in [0.15, 0.2) is 0 Å². The Morgan fingerprint density at radius 1 is 1.37 bits per heavy atom. The standard InChI is InChI=1S/C14H18N2O2S/c1-10(9-19-2)16-12(17)8-15-14(18)13(16)11-6-4-3-5-7-11/h3-7,10,13H,8-9H2,1-2H3,(H,15,18). The maximum Gasteiger partial charge on any atom is 0.247 e.